The minimum absolute atomic E-state index is 0.132. The van der Waals surface area contributed by atoms with Gasteiger partial charge >= 0.3 is 0 Å². The Balaban J connectivity index is 1.03. The highest BCUT2D eigenvalue weighted by molar-refractivity contribution is 6.12. The Bertz CT molecular complexity index is 3860. The summed E-state index contributed by atoms with van der Waals surface area (Å²) in [7, 11) is 0. The van der Waals surface area contributed by atoms with Gasteiger partial charge in [0.25, 0.3) is 0 Å². The third-order valence-electron chi connectivity index (χ3n) is 18.4. The third kappa shape index (κ3) is 13.5. The second-order valence-electron chi connectivity index (χ2n) is 24.5. The smallest absolute Gasteiger partial charge is 0.227 e. The fourth-order valence-corrected chi connectivity index (χ4v) is 13.0. The number of hydrogen-bond donors (Lipinski definition) is 4. The predicted octanol–water partition coefficient (Wildman–Crippen LogP) is 23.1. The van der Waals surface area contributed by atoms with E-state index < -0.39 is 0 Å². The van der Waals surface area contributed by atoms with Crippen LogP contribution in [0.3, 0.4) is 0 Å². The van der Waals surface area contributed by atoms with Gasteiger partial charge in [0.2, 0.25) is 11.8 Å². The Morgan fingerprint density at radius 2 is 0.609 bits per heavy atom. The Hall–Kier alpha value is -10.2. The van der Waals surface area contributed by atoms with Crippen LogP contribution in [0.2, 0.25) is 0 Å². The van der Waals surface area contributed by atoms with Crippen LogP contribution in [-0.4, -0.2) is 22.0 Å². The Morgan fingerprint density at radius 1 is 0.348 bits per heavy atom. The molecule has 0 heterocycles. The van der Waals surface area contributed by atoms with Crippen LogP contribution in [0.5, 0.6) is 0 Å². The van der Waals surface area contributed by atoms with E-state index in [2.05, 4.69) is 256 Å². The summed E-state index contributed by atoms with van der Waals surface area (Å²) in [6.07, 6.45) is 6.44. The van der Waals surface area contributed by atoms with Crippen LogP contribution < -0.4 is 20.4 Å². The van der Waals surface area contributed by atoms with E-state index in [0.717, 1.165) is 117 Å². The lowest BCUT2D eigenvalue weighted by molar-refractivity contribution is -0.121. The minimum atomic E-state index is -0.264. The molecule has 0 saturated heterocycles. The maximum absolute atomic E-state index is 14.7. The van der Waals surface area contributed by atoms with Crippen LogP contribution in [0.25, 0.3) is 55.7 Å². The van der Waals surface area contributed by atoms with Crippen molar-refractivity contribution >= 4 is 68.5 Å². The summed E-state index contributed by atoms with van der Waals surface area (Å²) in [5.41, 5.74) is 21.0. The molecule has 8 nitrogen and oxygen atoms in total. The second kappa shape index (κ2) is 28.8. The second-order valence-corrected chi connectivity index (χ2v) is 24.5. The summed E-state index contributed by atoms with van der Waals surface area (Å²) in [6.45, 7) is 16.8. The number of unbranched alkanes of at least 4 members (excludes halogenated alkanes) is 2. The molecule has 8 heteroatoms. The van der Waals surface area contributed by atoms with E-state index in [9.17, 15) is 19.8 Å². The molecular weight excluding hydrogens is 1130 g/mol. The first-order chi connectivity index (χ1) is 44.8. The maximum Gasteiger partial charge on any atom is 0.227 e. The molecule has 1 aliphatic rings. The number of anilines is 8. The number of nitrogens with zero attached hydrogens (tertiary/aromatic N) is 2. The largest absolute Gasteiger partial charge is 0.506 e. The molecule has 2 unspecified atom stereocenters. The molecule has 0 bridgehead atoms. The normalized spacial score (nSPS) is 12.7. The quantitative estimate of drug-likeness (QED) is 0.0480. The van der Waals surface area contributed by atoms with Crippen molar-refractivity contribution in [1.82, 2.24) is 0 Å². The van der Waals surface area contributed by atoms with Crippen molar-refractivity contribution in [2.45, 2.75) is 107 Å². The standard InChI is InChI=1S/C84H84N4O4/c1-9-13-27-59(11-3)83(91)85-77-53-69(87(65-41-33-61(34-42-65)71-29-19-15-23-55(71)5)66-43-35-62(36-44-66)72-30-20-16-24-56(72)6)49-51-75(77)79-81(89)80(82(79)90)76-52-50-70(54-78(76)86-84(92)60(12-4)28-14-10-2)88(67-45-37-63(38-46-67)73-31-21-17-25-57(73)7)68-47-39-64(40-48-68)74-32-22-18-26-58(74)8/h15-26,29-54,59-60,89-90H,9-14,27-28H2,1-8H3,(H,85,91)(H,86,92). The number of aliphatic hydroxyl groups is 2. The number of allylic oxidation sites excluding steroid dienone is 2. The maximum atomic E-state index is 14.7. The zero-order valence-electron chi connectivity index (χ0n) is 54.4. The fourth-order valence-electron chi connectivity index (χ4n) is 13.0. The summed E-state index contributed by atoms with van der Waals surface area (Å²) in [5, 5.41) is 32.2. The van der Waals surface area contributed by atoms with Crippen LogP contribution in [0.4, 0.5) is 45.5 Å². The highest BCUT2D eigenvalue weighted by Gasteiger charge is 2.36. The highest BCUT2D eigenvalue weighted by Crippen LogP contribution is 2.51. The Labute approximate surface area is 544 Å². The van der Waals surface area contributed by atoms with Crippen molar-refractivity contribution < 1.29 is 19.8 Å². The van der Waals surface area contributed by atoms with Crippen molar-refractivity contribution in [3.05, 3.63) is 275 Å². The van der Waals surface area contributed by atoms with Gasteiger partial charge in [-0.1, -0.05) is 199 Å². The molecule has 2 amide bonds. The van der Waals surface area contributed by atoms with Gasteiger partial charge in [0.05, 0.1) is 22.5 Å². The first-order valence-electron chi connectivity index (χ1n) is 32.8. The van der Waals surface area contributed by atoms with Crippen LogP contribution in [0.1, 0.15) is 112 Å². The topological polar surface area (TPSA) is 105 Å². The van der Waals surface area contributed by atoms with Gasteiger partial charge in [0, 0.05) is 57.1 Å². The summed E-state index contributed by atoms with van der Waals surface area (Å²) in [5.74, 6) is -1.11. The SMILES string of the molecule is CCCCC(CC)C(=O)Nc1cc(N(c2ccc(-c3ccccc3C)cc2)c2ccc(-c3ccccc3C)cc2)ccc1C1=C(O)C(c2ccc(N(c3ccc(-c4ccccc4C)cc3)c3ccc(-c4ccccc4C)cc3)cc2NC(=O)C(CC)CCCC)=C1O. The summed E-state index contributed by atoms with van der Waals surface area (Å²) in [6, 6.07) is 79.3. The number of benzene rings is 10. The lowest BCUT2D eigenvalue weighted by Crippen LogP contribution is -2.24. The van der Waals surface area contributed by atoms with E-state index in [4.69, 9.17) is 0 Å². The molecule has 92 heavy (non-hydrogen) atoms. The van der Waals surface area contributed by atoms with Crippen LogP contribution in [0.15, 0.2) is 242 Å². The summed E-state index contributed by atoms with van der Waals surface area (Å²) < 4.78 is 0. The Morgan fingerprint density at radius 3 is 0.859 bits per heavy atom. The van der Waals surface area contributed by atoms with E-state index in [1.807, 2.05) is 50.2 Å². The molecule has 0 radical (unpaired) electrons. The average Bonchev–Trinajstić information content (AvgIpc) is 0.736. The number of carbonyl (C=O) groups excluding carboxylic acids is 2. The molecule has 10 aromatic rings. The molecule has 464 valence electrons. The van der Waals surface area contributed by atoms with Gasteiger partial charge in [-0.15, -0.1) is 0 Å². The van der Waals surface area contributed by atoms with Gasteiger partial charge in [0.1, 0.15) is 11.5 Å². The summed E-state index contributed by atoms with van der Waals surface area (Å²) in [4.78, 5) is 33.7. The molecule has 11 rings (SSSR count). The Kier molecular flexibility index (Phi) is 19.8. The predicted molar refractivity (Wildman–Crippen MR) is 386 cm³/mol. The molecule has 2 atom stereocenters. The van der Waals surface area contributed by atoms with Gasteiger partial charge in [-0.25, -0.2) is 0 Å². The van der Waals surface area contributed by atoms with Crippen molar-refractivity contribution in [3.8, 4) is 44.5 Å². The van der Waals surface area contributed by atoms with E-state index in [1.54, 1.807) is 0 Å². The van der Waals surface area contributed by atoms with Crippen LogP contribution in [-0.2, 0) is 9.59 Å². The minimum Gasteiger partial charge on any atom is -0.506 e. The molecule has 4 N–H and O–H groups in total. The number of aryl methyl sites for hydroxylation is 4. The van der Waals surface area contributed by atoms with Gasteiger partial charge < -0.3 is 30.6 Å². The van der Waals surface area contributed by atoms with Crippen molar-refractivity contribution in [2.24, 2.45) is 11.8 Å². The molecule has 10 aromatic carbocycles. The average molecular weight is 1210 g/mol. The highest BCUT2D eigenvalue weighted by atomic mass is 16.3. The van der Waals surface area contributed by atoms with Gasteiger partial charge in [0.15, 0.2) is 0 Å². The van der Waals surface area contributed by atoms with Gasteiger partial charge in [-0.05, 0) is 205 Å². The molecule has 0 fully saturated rings. The van der Waals surface area contributed by atoms with E-state index in [0.29, 0.717) is 35.3 Å². The van der Waals surface area contributed by atoms with E-state index in [-0.39, 0.29) is 46.3 Å². The van der Waals surface area contributed by atoms with Crippen molar-refractivity contribution in [2.75, 3.05) is 20.4 Å². The molecular formula is C84H84N4O4. The number of carbonyl (C=O) groups is 2. The number of amides is 2. The van der Waals surface area contributed by atoms with E-state index in [1.165, 1.54) is 22.3 Å². The lowest BCUT2D eigenvalue weighted by Gasteiger charge is -2.31. The number of nitrogens with one attached hydrogen (secondary N) is 2. The van der Waals surface area contributed by atoms with Crippen LogP contribution in [0, 0.1) is 39.5 Å². The molecule has 0 saturated carbocycles. The lowest BCUT2D eigenvalue weighted by atomic mass is 9.82. The van der Waals surface area contributed by atoms with Gasteiger partial charge in [-0.3, -0.25) is 9.59 Å². The molecule has 0 aromatic heterocycles. The first kappa shape index (κ1) is 63.4. The monoisotopic (exact) mass is 1210 g/mol. The molecule has 1 aliphatic carbocycles. The molecule has 0 spiro atoms. The zero-order valence-corrected chi connectivity index (χ0v) is 54.4. The number of hydrogen-bond acceptors (Lipinski definition) is 6. The van der Waals surface area contributed by atoms with Gasteiger partial charge in [-0.2, -0.15) is 0 Å². The van der Waals surface area contributed by atoms with E-state index >= 15 is 0 Å². The number of aliphatic hydroxyl groups excluding tert-OH is 2. The first-order valence-corrected chi connectivity index (χ1v) is 32.8. The van der Waals surface area contributed by atoms with Crippen LogP contribution >= 0.6 is 0 Å². The summed E-state index contributed by atoms with van der Waals surface area (Å²) >= 11 is 0. The van der Waals surface area contributed by atoms with Crippen molar-refractivity contribution in [3.63, 3.8) is 0 Å². The van der Waals surface area contributed by atoms with Crippen molar-refractivity contribution in [1.29, 1.82) is 0 Å². The zero-order chi connectivity index (χ0) is 64.4. The molecule has 0 aliphatic heterocycles. The number of rotatable bonds is 24. The third-order valence-corrected chi connectivity index (χ3v) is 18.4. The fraction of sp³-hybridized carbons (Fsp3) is 0.214.